The van der Waals surface area contributed by atoms with Crippen molar-refractivity contribution in [2.75, 3.05) is 39.5 Å². The molecule has 0 aliphatic carbocycles. The quantitative estimate of drug-likeness (QED) is 0.508. The van der Waals surface area contributed by atoms with Crippen molar-refractivity contribution in [2.45, 2.75) is 24.9 Å². The summed E-state index contributed by atoms with van der Waals surface area (Å²) in [5, 5.41) is 3.07. The van der Waals surface area contributed by atoms with Crippen LogP contribution >= 0.6 is 0 Å². The first-order valence-electron chi connectivity index (χ1n) is 13.0. The lowest BCUT2D eigenvalue weighted by molar-refractivity contribution is -0.133. The fourth-order valence-corrected chi connectivity index (χ4v) is 5.68. The van der Waals surface area contributed by atoms with Gasteiger partial charge in [-0.25, -0.2) is 9.69 Å². The summed E-state index contributed by atoms with van der Waals surface area (Å²) in [5.74, 6) is 0.830. The van der Waals surface area contributed by atoms with E-state index in [1.54, 1.807) is 0 Å². The minimum absolute atomic E-state index is 0.185. The van der Waals surface area contributed by atoms with Gasteiger partial charge < -0.3 is 10.1 Å². The number of urea groups is 1. The number of amides is 3. The van der Waals surface area contributed by atoms with Gasteiger partial charge >= 0.3 is 6.03 Å². The molecule has 0 spiro atoms. The smallest absolute Gasteiger partial charge is 0.326 e. The van der Waals surface area contributed by atoms with Gasteiger partial charge in [0.1, 0.15) is 5.75 Å². The second kappa shape index (κ2) is 10.00. The van der Waals surface area contributed by atoms with Crippen LogP contribution in [0.4, 0.5) is 4.79 Å². The fourth-order valence-electron chi connectivity index (χ4n) is 5.68. The molecular formula is C30H32N4O3. The number of carbonyl (C=O) groups excluding carboxylic acids is 2. The second-order valence-corrected chi connectivity index (χ2v) is 10.2. The number of ether oxygens (including phenoxy) is 1. The normalized spacial score (nSPS) is 22.1. The number of hydrogen-bond acceptors (Lipinski definition) is 5. The molecule has 3 aliphatic rings. The van der Waals surface area contributed by atoms with E-state index in [4.69, 9.17) is 4.74 Å². The van der Waals surface area contributed by atoms with Crippen molar-refractivity contribution < 1.29 is 14.3 Å². The summed E-state index contributed by atoms with van der Waals surface area (Å²) in [7, 11) is 0. The minimum Gasteiger partial charge on any atom is -0.493 e. The standard InChI is InChI=1S/C30H32N4O3/c35-28-30(26-9-5-2-6-10-26,20-23-7-3-1-4-8-23)31-29(36)34(28)22-33-16-14-32(15-17-33)21-24-11-12-27-25(19-24)13-18-37-27/h1-12,19H,13-18,20-22H2,(H,31,36)/t30-/m0/s1. The van der Waals surface area contributed by atoms with Gasteiger partial charge in [0.15, 0.2) is 5.54 Å². The third-order valence-electron chi connectivity index (χ3n) is 7.72. The molecule has 0 aromatic heterocycles. The van der Waals surface area contributed by atoms with Crippen molar-refractivity contribution in [3.05, 3.63) is 101 Å². The summed E-state index contributed by atoms with van der Waals surface area (Å²) in [6.45, 7) is 5.38. The first kappa shape index (κ1) is 23.7. The summed E-state index contributed by atoms with van der Waals surface area (Å²) >= 11 is 0. The van der Waals surface area contributed by atoms with Crippen LogP contribution in [0.2, 0.25) is 0 Å². The zero-order valence-electron chi connectivity index (χ0n) is 20.9. The Morgan fingerprint density at radius 2 is 1.51 bits per heavy atom. The average molecular weight is 497 g/mol. The molecule has 0 radical (unpaired) electrons. The van der Waals surface area contributed by atoms with Gasteiger partial charge in [0.2, 0.25) is 0 Å². The van der Waals surface area contributed by atoms with Gasteiger partial charge in [-0.2, -0.15) is 0 Å². The van der Waals surface area contributed by atoms with Crippen molar-refractivity contribution in [2.24, 2.45) is 0 Å². The van der Waals surface area contributed by atoms with E-state index in [1.807, 2.05) is 60.7 Å². The van der Waals surface area contributed by atoms with E-state index >= 15 is 0 Å². The number of nitrogens with one attached hydrogen (secondary N) is 1. The molecule has 7 heteroatoms. The molecule has 37 heavy (non-hydrogen) atoms. The van der Waals surface area contributed by atoms with Gasteiger partial charge in [0, 0.05) is 45.6 Å². The number of imide groups is 1. The van der Waals surface area contributed by atoms with Crippen molar-refractivity contribution in [1.29, 1.82) is 0 Å². The summed E-state index contributed by atoms with van der Waals surface area (Å²) in [4.78, 5) is 33.1. The molecule has 1 N–H and O–H groups in total. The molecule has 3 aromatic rings. The summed E-state index contributed by atoms with van der Waals surface area (Å²) in [6.07, 6.45) is 1.40. The molecule has 0 unspecified atom stereocenters. The molecule has 190 valence electrons. The predicted octanol–water partition coefficient (Wildman–Crippen LogP) is 3.39. The zero-order chi connectivity index (χ0) is 25.2. The van der Waals surface area contributed by atoms with Gasteiger partial charge in [-0.05, 0) is 28.3 Å². The molecule has 3 aromatic carbocycles. The van der Waals surface area contributed by atoms with E-state index in [0.29, 0.717) is 13.1 Å². The molecule has 6 rings (SSSR count). The average Bonchev–Trinajstić information content (AvgIpc) is 3.49. The Hall–Kier alpha value is -3.68. The molecule has 7 nitrogen and oxygen atoms in total. The van der Waals surface area contributed by atoms with E-state index in [2.05, 4.69) is 33.3 Å². The molecule has 3 aliphatic heterocycles. The second-order valence-electron chi connectivity index (χ2n) is 10.2. The van der Waals surface area contributed by atoms with Gasteiger partial charge in [0.25, 0.3) is 5.91 Å². The first-order chi connectivity index (χ1) is 18.1. The number of piperazine rings is 1. The van der Waals surface area contributed by atoms with Crippen LogP contribution in [0.1, 0.15) is 22.3 Å². The highest BCUT2D eigenvalue weighted by molar-refractivity contribution is 6.07. The van der Waals surface area contributed by atoms with Crippen LogP contribution in [0.5, 0.6) is 5.75 Å². The van der Waals surface area contributed by atoms with Crippen LogP contribution in [0.25, 0.3) is 0 Å². The van der Waals surface area contributed by atoms with E-state index in [0.717, 1.165) is 62.6 Å². The van der Waals surface area contributed by atoms with Crippen molar-refractivity contribution >= 4 is 11.9 Å². The van der Waals surface area contributed by atoms with Crippen LogP contribution < -0.4 is 10.1 Å². The Kier molecular flexibility index (Phi) is 6.40. The lowest BCUT2D eigenvalue weighted by atomic mass is 9.83. The number of rotatable bonds is 7. The van der Waals surface area contributed by atoms with Gasteiger partial charge in [-0.15, -0.1) is 0 Å². The van der Waals surface area contributed by atoms with Gasteiger partial charge in [0.05, 0.1) is 13.3 Å². The Balaban J connectivity index is 1.12. The highest BCUT2D eigenvalue weighted by Crippen LogP contribution is 2.33. The maximum absolute atomic E-state index is 13.9. The SMILES string of the molecule is O=C1N[C@@](Cc2ccccc2)(c2ccccc2)C(=O)N1CN1CCN(Cc2ccc3c(c2)CCO3)CC1. The van der Waals surface area contributed by atoms with Crippen LogP contribution in [-0.4, -0.2) is 66.1 Å². The number of carbonyl (C=O) groups is 2. The molecule has 3 heterocycles. The first-order valence-corrected chi connectivity index (χ1v) is 13.0. The van der Waals surface area contributed by atoms with Crippen molar-refractivity contribution in [3.63, 3.8) is 0 Å². The van der Waals surface area contributed by atoms with E-state index in [-0.39, 0.29) is 11.9 Å². The maximum Gasteiger partial charge on any atom is 0.326 e. The highest BCUT2D eigenvalue weighted by atomic mass is 16.5. The third-order valence-corrected chi connectivity index (χ3v) is 7.72. The molecule has 0 saturated carbocycles. The summed E-state index contributed by atoms with van der Waals surface area (Å²) in [5.41, 5.74) is 3.32. The Labute approximate surface area is 217 Å². The van der Waals surface area contributed by atoms with E-state index < -0.39 is 5.54 Å². The minimum atomic E-state index is -1.10. The Morgan fingerprint density at radius 1 is 0.811 bits per heavy atom. The Bertz CT molecular complexity index is 1270. The Morgan fingerprint density at radius 3 is 2.27 bits per heavy atom. The van der Waals surface area contributed by atoms with E-state index in [1.165, 1.54) is 16.0 Å². The topological polar surface area (TPSA) is 65.1 Å². The number of hydrogen-bond donors (Lipinski definition) is 1. The molecular weight excluding hydrogens is 464 g/mol. The maximum atomic E-state index is 13.9. The van der Waals surface area contributed by atoms with Crippen LogP contribution in [0.3, 0.4) is 0 Å². The number of nitrogens with zero attached hydrogens (tertiary/aromatic N) is 3. The molecule has 1 atom stereocenters. The van der Waals surface area contributed by atoms with Gasteiger partial charge in [-0.3, -0.25) is 14.6 Å². The lowest BCUT2D eigenvalue weighted by Crippen LogP contribution is -2.51. The number of fused-ring (bicyclic) bond motifs is 1. The van der Waals surface area contributed by atoms with Crippen LogP contribution in [0, 0.1) is 0 Å². The lowest BCUT2D eigenvalue weighted by Gasteiger charge is -2.36. The molecule has 3 amide bonds. The third kappa shape index (κ3) is 4.72. The predicted molar refractivity (Wildman–Crippen MR) is 141 cm³/mol. The zero-order valence-corrected chi connectivity index (χ0v) is 20.9. The summed E-state index contributed by atoms with van der Waals surface area (Å²) in [6, 6.07) is 25.7. The summed E-state index contributed by atoms with van der Waals surface area (Å²) < 4.78 is 5.63. The fraction of sp³-hybridized carbons (Fsp3) is 0.333. The largest absolute Gasteiger partial charge is 0.493 e. The monoisotopic (exact) mass is 496 g/mol. The highest BCUT2D eigenvalue weighted by Gasteiger charge is 2.52. The van der Waals surface area contributed by atoms with Crippen LogP contribution in [-0.2, 0) is 29.7 Å². The molecule has 2 saturated heterocycles. The van der Waals surface area contributed by atoms with Crippen molar-refractivity contribution in [3.8, 4) is 5.75 Å². The van der Waals surface area contributed by atoms with E-state index in [9.17, 15) is 9.59 Å². The number of benzene rings is 3. The van der Waals surface area contributed by atoms with Crippen molar-refractivity contribution in [1.82, 2.24) is 20.0 Å². The van der Waals surface area contributed by atoms with Crippen LogP contribution in [0.15, 0.2) is 78.9 Å². The molecule has 2 fully saturated rings. The molecule has 0 bridgehead atoms. The van der Waals surface area contributed by atoms with Gasteiger partial charge in [-0.1, -0.05) is 72.8 Å².